The smallest absolute Gasteiger partial charge is 0.419 e. The first-order chi connectivity index (χ1) is 12.2. The lowest BCUT2D eigenvalue weighted by Crippen LogP contribution is -2.51. The van der Waals surface area contributed by atoms with E-state index in [0.29, 0.717) is 32.0 Å². The van der Waals surface area contributed by atoms with E-state index in [1.54, 1.807) is 4.90 Å². The molecular weight excluding hydrogens is 379 g/mol. The van der Waals surface area contributed by atoms with Crippen LogP contribution in [-0.4, -0.2) is 63.3 Å². The Morgan fingerprint density at radius 3 is 2.42 bits per heavy atom. The van der Waals surface area contributed by atoms with Gasteiger partial charge < -0.3 is 14.4 Å². The Hall–Kier alpha value is -2.07. The van der Waals surface area contributed by atoms with Gasteiger partial charge in [0.15, 0.2) is 6.61 Å². The zero-order valence-electron chi connectivity index (χ0n) is 13.9. The SMILES string of the molecule is COCC(=O)OCC(=O)N1CCN(c2[nH+]cc(C(F)(F)F)cc2Cl)CC1. The second-order valence-corrected chi connectivity index (χ2v) is 5.95. The van der Waals surface area contributed by atoms with Crippen molar-refractivity contribution in [2.24, 2.45) is 0 Å². The summed E-state index contributed by atoms with van der Waals surface area (Å²) in [5, 5.41) is -0.0481. The van der Waals surface area contributed by atoms with Crippen molar-refractivity contribution < 1.29 is 37.2 Å². The fourth-order valence-corrected chi connectivity index (χ4v) is 2.73. The molecule has 11 heteroatoms. The third kappa shape index (κ3) is 5.21. The van der Waals surface area contributed by atoms with Gasteiger partial charge in [-0.05, 0) is 6.07 Å². The standard InChI is InChI=1S/C15H17ClF3N3O4/c1-25-9-13(24)26-8-12(23)21-2-4-22(5-3-21)14-11(16)6-10(7-20-14)15(17,18)19/h6-7H,2-5,8-9H2,1H3/p+1. The molecule has 1 aliphatic rings. The minimum Gasteiger partial charge on any atom is -0.454 e. The molecule has 7 nitrogen and oxygen atoms in total. The van der Waals surface area contributed by atoms with Crippen molar-refractivity contribution in [3.8, 4) is 0 Å². The number of nitrogens with zero attached hydrogens (tertiary/aromatic N) is 2. The number of carbonyl (C=O) groups excluding carboxylic acids is 2. The zero-order chi connectivity index (χ0) is 19.3. The number of aromatic amines is 1. The van der Waals surface area contributed by atoms with Crippen molar-refractivity contribution in [3.63, 3.8) is 0 Å². The molecule has 26 heavy (non-hydrogen) atoms. The zero-order valence-corrected chi connectivity index (χ0v) is 14.7. The number of hydrogen-bond donors (Lipinski definition) is 0. The topological polar surface area (TPSA) is 73.2 Å². The lowest BCUT2D eigenvalue weighted by atomic mass is 10.2. The maximum Gasteiger partial charge on any atom is 0.419 e. The van der Waals surface area contributed by atoms with E-state index in [-0.39, 0.29) is 24.1 Å². The maximum atomic E-state index is 12.7. The number of pyridine rings is 1. The number of piperazine rings is 1. The van der Waals surface area contributed by atoms with Gasteiger partial charge in [-0.2, -0.15) is 13.2 Å². The molecule has 0 spiro atoms. The van der Waals surface area contributed by atoms with Crippen LogP contribution in [0.3, 0.4) is 0 Å². The summed E-state index contributed by atoms with van der Waals surface area (Å²) in [4.78, 5) is 29.0. The Morgan fingerprint density at radius 2 is 1.88 bits per heavy atom. The van der Waals surface area contributed by atoms with Crippen LogP contribution < -0.4 is 9.88 Å². The number of H-pyrrole nitrogens is 1. The van der Waals surface area contributed by atoms with Crippen molar-refractivity contribution in [2.45, 2.75) is 6.18 Å². The van der Waals surface area contributed by atoms with Crippen LogP contribution in [-0.2, 0) is 25.2 Å². The molecule has 1 aromatic heterocycles. The number of nitrogens with one attached hydrogen (secondary N) is 1. The first kappa shape index (κ1) is 20.2. The van der Waals surface area contributed by atoms with Crippen LogP contribution in [0.4, 0.5) is 19.0 Å². The van der Waals surface area contributed by atoms with Crippen molar-refractivity contribution in [1.29, 1.82) is 0 Å². The summed E-state index contributed by atoms with van der Waals surface area (Å²) in [6.07, 6.45) is -3.63. The van der Waals surface area contributed by atoms with E-state index in [0.717, 1.165) is 12.3 Å². The number of esters is 1. The van der Waals surface area contributed by atoms with Gasteiger partial charge in [0.05, 0.1) is 18.7 Å². The van der Waals surface area contributed by atoms with Gasteiger partial charge in [-0.15, -0.1) is 0 Å². The Kier molecular flexibility index (Phi) is 6.65. The largest absolute Gasteiger partial charge is 0.454 e. The molecule has 144 valence electrons. The van der Waals surface area contributed by atoms with Crippen molar-refractivity contribution in [2.75, 3.05) is 51.4 Å². The lowest BCUT2D eigenvalue weighted by Gasteiger charge is -2.31. The molecule has 0 saturated carbocycles. The number of anilines is 1. The fraction of sp³-hybridized carbons (Fsp3) is 0.533. The van der Waals surface area contributed by atoms with Crippen LogP contribution in [0.1, 0.15) is 5.56 Å². The van der Waals surface area contributed by atoms with Crippen LogP contribution in [0.15, 0.2) is 12.3 Å². The predicted molar refractivity (Wildman–Crippen MR) is 84.6 cm³/mol. The summed E-state index contributed by atoms with van der Waals surface area (Å²) >= 11 is 5.96. The molecule has 1 aliphatic heterocycles. The fourth-order valence-electron chi connectivity index (χ4n) is 2.44. The molecule has 1 aromatic rings. The maximum absolute atomic E-state index is 12.7. The Morgan fingerprint density at radius 1 is 1.23 bits per heavy atom. The summed E-state index contributed by atoms with van der Waals surface area (Å²) in [6, 6.07) is 0.861. The molecule has 1 saturated heterocycles. The third-order valence-electron chi connectivity index (χ3n) is 3.77. The second-order valence-electron chi connectivity index (χ2n) is 5.54. The average Bonchev–Trinajstić information content (AvgIpc) is 2.59. The van der Waals surface area contributed by atoms with E-state index >= 15 is 0 Å². The van der Waals surface area contributed by atoms with Gasteiger partial charge in [0.25, 0.3) is 11.7 Å². The van der Waals surface area contributed by atoms with Crippen LogP contribution in [0.2, 0.25) is 5.02 Å². The predicted octanol–water partition coefficient (Wildman–Crippen LogP) is 1.01. The molecule has 2 rings (SSSR count). The highest BCUT2D eigenvalue weighted by Gasteiger charge is 2.34. The van der Waals surface area contributed by atoms with E-state index in [4.69, 9.17) is 16.3 Å². The Balaban J connectivity index is 1.90. The summed E-state index contributed by atoms with van der Waals surface area (Å²) in [6.45, 7) is 0.787. The third-order valence-corrected chi connectivity index (χ3v) is 4.06. The van der Waals surface area contributed by atoms with E-state index in [1.807, 2.05) is 0 Å². The number of aromatic nitrogens is 1. The number of ether oxygens (including phenoxy) is 2. The summed E-state index contributed by atoms with van der Waals surface area (Å²) in [5.41, 5.74) is -0.863. The highest BCUT2D eigenvalue weighted by Crippen LogP contribution is 2.32. The second kappa shape index (κ2) is 8.54. The number of alkyl halides is 3. The molecule has 0 unspecified atom stereocenters. The molecule has 1 fully saturated rings. The molecule has 0 aliphatic carbocycles. The molecule has 0 atom stereocenters. The van der Waals surface area contributed by atoms with E-state index in [1.165, 1.54) is 12.0 Å². The quantitative estimate of drug-likeness (QED) is 0.695. The molecule has 0 bridgehead atoms. The average molecular weight is 397 g/mol. The van der Waals surface area contributed by atoms with Gasteiger partial charge in [0.1, 0.15) is 30.9 Å². The van der Waals surface area contributed by atoms with Gasteiger partial charge in [-0.25, -0.2) is 9.78 Å². The van der Waals surface area contributed by atoms with Crippen LogP contribution in [0.25, 0.3) is 0 Å². The van der Waals surface area contributed by atoms with Crippen LogP contribution in [0.5, 0.6) is 0 Å². The van der Waals surface area contributed by atoms with Gasteiger partial charge in [-0.3, -0.25) is 9.69 Å². The summed E-state index contributed by atoms with van der Waals surface area (Å²) in [5.74, 6) is -0.625. The van der Waals surface area contributed by atoms with Crippen LogP contribution in [0, 0.1) is 0 Å². The van der Waals surface area contributed by atoms with Gasteiger partial charge >= 0.3 is 12.1 Å². The van der Waals surface area contributed by atoms with Crippen molar-refractivity contribution >= 4 is 29.3 Å². The molecule has 2 heterocycles. The number of amides is 1. The molecule has 1 amide bonds. The molecular formula is C15H18ClF3N3O4+. The van der Waals surface area contributed by atoms with Crippen molar-refractivity contribution in [1.82, 2.24) is 4.90 Å². The normalized spacial score (nSPS) is 15.1. The van der Waals surface area contributed by atoms with Crippen LogP contribution >= 0.6 is 11.6 Å². The van der Waals surface area contributed by atoms with E-state index in [9.17, 15) is 22.8 Å². The molecule has 1 N–H and O–H groups in total. The van der Waals surface area contributed by atoms with Gasteiger partial charge in [0, 0.05) is 7.11 Å². The van der Waals surface area contributed by atoms with Crippen molar-refractivity contribution in [3.05, 3.63) is 22.8 Å². The van der Waals surface area contributed by atoms with Gasteiger partial charge in [-0.1, -0.05) is 11.6 Å². The number of hydrogen-bond acceptors (Lipinski definition) is 5. The molecule has 0 radical (unpaired) electrons. The summed E-state index contributed by atoms with van der Waals surface area (Å²) < 4.78 is 47.4. The Bertz CT molecular complexity index is 664. The Labute approximate surface area is 152 Å². The van der Waals surface area contributed by atoms with E-state index in [2.05, 4.69) is 9.72 Å². The monoisotopic (exact) mass is 396 g/mol. The summed E-state index contributed by atoms with van der Waals surface area (Å²) in [7, 11) is 1.34. The first-order valence-electron chi connectivity index (χ1n) is 7.68. The molecule has 0 aromatic carbocycles. The number of rotatable bonds is 5. The van der Waals surface area contributed by atoms with Gasteiger partial charge in [0.2, 0.25) is 0 Å². The lowest BCUT2D eigenvalue weighted by molar-refractivity contribution is -0.367. The minimum atomic E-state index is -4.48. The highest BCUT2D eigenvalue weighted by molar-refractivity contribution is 6.32. The number of methoxy groups -OCH3 is 1. The highest BCUT2D eigenvalue weighted by atomic mass is 35.5. The minimum absolute atomic E-state index is 0.0481. The number of carbonyl (C=O) groups is 2. The van der Waals surface area contributed by atoms with E-state index < -0.39 is 17.7 Å². The first-order valence-corrected chi connectivity index (χ1v) is 8.06. The number of halogens is 4.